The van der Waals surface area contributed by atoms with Gasteiger partial charge in [0.05, 0.1) is 19.2 Å². The molecule has 0 bridgehead atoms. The molecule has 0 aliphatic heterocycles. The van der Waals surface area contributed by atoms with Gasteiger partial charge in [-0.15, -0.1) is 42.0 Å². The van der Waals surface area contributed by atoms with Crippen molar-refractivity contribution in [1.29, 1.82) is 0 Å². The Balaban J connectivity index is 0.000000175. The van der Waals surface area contributed by atoms with Crippen LogP contribution in [0.1, 0.15) is 61.8 Å². The van der Waals surface area contributed by atoms with Gasteiger partial charge < -0.3 is 23.5 Å². The van der Waals surface area contributed by atoms with E-state index < -0.39 is 23.3 Å². The van der Waals surface area contributed by atoms with Crippen molar-refractivity contribution in [1.82, 2.24) is 14.5 Å². The van der Waals surface area contributed by atoms with Gasteiger partial charge in [-0.25, -0.2) is 4.85 Å². The zero-order valence-electron chi connectivity index (χ0n) is 43.6. The third-order valence-electron chi connectivity index (χ3n) is 14.0. The molecule has 78 heavy (non-hydrogen) atoms. The zero-order chi connectivity index (χ0) is 53.8. The molecule has 6 nitrogen and oxygen atoms in total. The van der Waals surface area contributed by atoms with Crippen LogP contribution >= 0.6 is 0 Å². The van der Waals surface area contributed by atoms with Crippen LogP contribution in [0.5, 0.6) is 0 Å². The Kier molecular flexibility index (Phi) is 14.5. The van der Waals surface area contributed by atoms with Gasteiger partial charge in [0.1, 0.15) is 5.58 Å². The van der Waals surface area contributed by atoms with Crippen LogP contribution in [-0.4, -0.2) is 14.5 Å². The zero-order valence-corrected chi connectivity index (χ0v) is 46.0. The molecule has 0 atom stereocenters. The maximum absolute atomic E-state index is 14.9. The van der Waals surface area contributed by atoms with Crippen molar-refractivity contribution >= 4 is 49.2 Å². The molecule has 11 heteroatoms. The van der Waals surface area contributed by atoms with E-state index in [-0.39, 0.29) is 54.5 Å². The molecule has 0 saturated carbocycles. The van der Waals surface area contributed by atoms with Gasteiger partial charge in [-0.2, -0.15) is 0 Å². The van der Waals surface area contributed by atoms with E-state index >= 15 is 0 Å². The summed E-state index contributed by atoms with van der Waals surface area (Å²) in [6.45, 7) is 19.9. The van der Waals surface area contributed by atoms with E-state index in [9.17, 15) is 17.6 Å². The maximum atomic E-state index is 14.9. The normalized spacial score (nSPS) is 11.4. The van der Waals surface area contributed by atoms with Gasteiger partial charge >= 0.3 is 0 Å². The minimum Gasteiger partial charge on any atom is -0.506 e. The Morgan fingerprint density at radius 2 is 1.28 bits per heavy atom. The number of benzene rings is 8. The molecule has 4 heterocycles. The van der Waals surface area contributed by atoms with Gasteiger partial charge in [0.2, 0.25) is 6.33 Å². The van der Waals surface area contributed by atoms with Crippen molar-refractivity contribution in [3.05, 3.63) is 234 Å². The second kappa shape index (κ2) is 21.5. The third kappa shape index (κ3) is 10.1. The van der Waals surface area contributed by atoms with Gasteiger partial charge in [-0.3, -0.25) is 17.6 Å². The van der Waals surface area contributed by atoms with Crippen molar-refractivity contribution in [2.24, 2.45) is 7.05 Å². The summed E-state index contributed by atoms with van der Waals surface area (Å²) in [6.07, 6.45) is 9.10. The largest absolute Gasteiger partial charge is 0.506 e. The molecule has 0 spiro atoms. The molecule has 0 saturated heterocycles. The number of fused-ring (bicyclic) bond motifs is 6. The number of aromatic nitrogens is 4. The number of nitrogens with zero attached hydrogens (tertiary/aromatic N) is 5. The van der Waals surface area contributed by atoms with E-state index in [1.165, 1.54) is 5.56 Å². The Morgan fingerprint density at radius 3 is 1.86 bits per heavy atom. The second-order valence-electron chi connectivity index (χ2n) is 20.0. The van der Waals surface area contributed by atoms with E-state index in [0.29, 0.717) is 11.3 Å². The molecule has 0 aliphatic rings. The van der Waals surface area contributed by atoms with E-state index in [0.717, 1.165) is 118 Å². The molecule has 0 fully saturated rings. The third-order valence-corrected chi connectivity index (χ3v) is 14.0. The number of pyridine rings is 2. The van der Waals surface area contributed by atoms with E-state index in [1.54, 1.807) is 12.1 Å². The first-order valence-corrected chi connectivity index (χ1v) is 25.2. The number of furan rings is 1. The molecule has 12 aromatic rings. The molecule has 0 unspecified atom stereocenters. The molecule has 0 N–H and O–H groups in total. The fraction of sp³-hybridized carbons (Fsp3) is 0.134. The summed E-state index contributed by atoms with van der Waals surface area (Å²) in [4.78, 5) is 12.8. The Labute approximate surface area is 463 Å². The van der Waals surface area contributed by atoms with Crippen LogP contribution in [0.4, 0.5) is 23.2 Å². The second-order valence-corrected chi connectivity index (χ2v) is 20.0. The summed E-state index contributed by atoms with van der Waals surface area (Å²) in [6, 6.07) is 48.8. The number of imidazole rings is 1. The Morgan fingerprint density at radius 1 is 0.641 bits per heavy atom. The van der Waals surface area contributed by atoms with Crippen LogP contribution < -0.4 is 4.57 Å². The van der Waals surface area contributed by atoms with E-state index in [4.69, 9.17) is 16.0 Å². The van der Waals surface area contributed by atoms with Crippen LogP contribution in [0, 0.1) is 68.2 Å². The summed E-state index contributed by atoms with van der Waals surface area (Å²) in [5.41, 5.74) is 13.2. The number of hydrogen-bond donors (Lipinski definition) is 0. The van der Waals surface area contributed by atoms with E-state index in [2.05, 4.69) is 137 Å². The fourth-order valence-electron chi connectivity index (χ4n) is 9.97. The molecule has 8 aromatic carbocycles. The number of aryl methyl sites for hydroxylation is 3. The molecular weight excluding hydrogens is 1160 g/mol. The van der Waals surface area contributed by atoms with Gasteiger partial charge in [0.25, 0.3) is 0 Å². The van der Waals surface area contributed by atoms with Crippen molar-refractivity contribution < 1.29 is 46.7 Å². The number of halogens is 4. The van der Waals surface area contributed by atoms with Crippen molar-refractivity contribution in [3.63, 3.8) is 0 Å². The minimum absolute atomic E-state index is 0. The van der Waals surface area contributed by atoms with Gasteiger partial charge in [-0.05, 0) is 121 Å². The minimum atomic E-state index is -0.841. The molecule has 0 aliphatic carbocycles. The predicted molar refractivity (Wildman–Crippen MR) is 298 cm³/mol. The average molecular weight is 1210 g/mol. The summed E-state index contributed by atoms with van der Waals surface area (Å²) in [5, 5.41) is 6.41. The summed E-state index contributed by atoms with van der Waals surface area (Å²) >= 11 is 0. The molecule has 1 radical (unpaired) electrons. The maximum Gasteiger partial charge on any atom is 0.241 e. The van der Waals surface area contributed by atoms with Gasteiger partial charge in [-0.1, -0.05) is 147 Å². The predicted octanol–water partition coefficient (Wildman–Crippen LogP) is 17.5. The van der Waals surface area contributed by atoms with Gasteiger partial charge in [0, 0.05) is 73.0 Å². The average Bonchev–Trinajstić information content (AvgIpc) is 4.25. The number of hydrogen-bond acceptors (Lipinski definition) is 3. The molecule has 387 valence electrons. The van der Waals surface area contributed by atoms with Crippen LogP contribution in [0.2, 0.25) is 0 Å². The number of rotatable bonds is 8. The first-order valence-electron chi connectivity index (χ1n) is 25.2. The summed E-state index contributed by atoms with van der Waals surface area (Å²) < 4.78 is 67.7. The monoisotopic (exact) mass is 1210 g/mol. The van der Waals surface area contributed by atoms with Crippen LogP contribution in [-0.2, 0) is 27.2 Å². The Hall–Kier alpha value is -8.55. The van der Waals surface area contributed by atoms with Crippen LogP contribution in [0.25, 0.3) is 110 Å². The summed E-state index contributed by atoms with van der Waals surface area (Å²) in [7, 11) is 1.94. The first-order chi connectivity index (χ1) is 37.1. The van der Waals surface area contributed by atoms with Crippen molar-refractivity contribution in [2.75, 3.05) is 0 Å². The fourth-order valence-corrected chi connectivity index (χ4v) is 9.97. The van der Waals surface area contributed by atoms with Crippen LogP contribution in [0.15, 0.2) is 156 Å². The molecule has 4 aromatic heterocycles. The molecule has 12 rings (SSSR count). The smallest absolute Gasteiger partial charge is 0.241 e. The topological polar surface area (TPSA) is 52.1 Å². The SMILES string of the molecule is CC(C)c1cc(-c2ccccc2)cc(C(C)C)c1-c1cc(-c2[c-]cc(F)cc2F)nc(-c2[c-]cc(F)cc2F)c1.[C-]#[N+]c1ccc2c(ccc3cc4c(cc32)oc2c(-n3[c-][n+](C)cc3)[c-]c(-c3cc(C)c(C)cn3)cc24)c1.[Ir]. The molecule has 0 amide bonds. The Bertz CT molecular complexity index is 4250. The van der Waals surface area contributed by atoms with Crippen molar-refractivity contribution in [3.8, 4) is 61.7 Å². The standard InChI is InChI=1S/C35H27F4N.C32H21N4O.Ir/c1-20(2)29-14-23(22-8-6-5-7-9-22)15-30(21(3)4)35(29)24-16-33(27-12-10-25(36)18-31(27)38)40-34(17-24)28-13-11-26(37)19-32(28)39;1-19-11-29(34-17-20(19)2)23-14-28-27-13-22-6-5-21-12-24(33-3)7-8-25(21)26(22)16-31(27)37-32(28)30(15-23)36-10-9-35(4)18-36;/h5-11,14-21H,1-4H3;5-14,16-17H,1-2,4H3;/q-2;-1;. The van der Waals surface area contributed by atoms with Crippen molar-refractivity contribution in [2.45, 2.75) is 53.4 Å². The quantitative estimate of drug-likeness (QED) is 0.0659. The van der Waals surface area contributed by atoms with Gasteiger partial charge in [0.15, 0.2) is 5.69 Å². The van der Waals surface area contributed by atoms with Crippen LogP contribution in [0.3, 0.4) is 0 Å². The summed E-state index contributed by atoms with van der Waals surface area (Å²) in [5.74, 6) is -3.00. The molecular formula is C67H48F4IrN5O-3. The van der Waals surface area contributed by atoms with E-state index in [1.807, 2.05) is 71.2 Å². The first kappa shape index (κ1) is 52.9.